The molecule has 0 spiro atoms. The van der Waals surface area contributed by atoms with Crippen LogP contribution in [0.25, 0.3) is 0 Å². The largest absolute Gasteiger partial charge is 0.632 e. The summed E-state index contributed by atoms with van der Waals surface area (Å²) in [5, 5.41) is 11.4. The molecule has 2 nitrogen and oxygen atoms in total. The van der Waals surface area contributed by atoms with E-state index in [4.69, 9.17) is 6.42 Å². The van der Waals surface area contributed by atoms with Crippen LogP contribution in [0.15, 0.2) is 12.2 Å². The third-order valence-electron chi connectivity index (χ3n) is 1.85. The van der Waals surface area contributed by atoms with E-state index in [2.05, 4.69) is 5.92 Å². The van der Waals surface area contributed by atoms with Gasteiger partial charge in [-0.25, -0.2) is 0 Å². The van der Waals surface area contributed by atoms with Gasteiger partial charge in [-0.15, -0.1) is 6.42 Å². The van der Waals surface area contributed by atoms with E-state index < -0.39 is 0 Å². The Labute approximate surface area is 61.3 Å². The van der Waals surface area contributed by atoms with Crippen molar-refractivity contribution in [2.45, 2.75) is 12.5 Å². The summed E-state index contributed by atoms with van der Waals surface area (Å²) < 4.78 is -0.312. The Morgan fingerprint density at radius 2 is 2.40 bits per heavy atom. The smallest absolute Gasteiger partial charge is 0.153 e. The molecule has 0 aliphatic carbocycles. The Morgan fingerprint density at radius 1 is 1.70 bits per heavy atom. The summed E-state index contributed by atoms with van der Waals surface area (Å²) in [7, 11) is 1.62. The van der Waals surface area contributed by atoms with Crippen LogP contribution in [0, 0.1) is 17.6 Å². The van der Waals surface area contributed by atoms with Crippen molar-refractivity contribution in [2.24, 2.45) is 0 Å². The normalized spacial score (nSPS) is 39.1. The van der Waals surface area contributed by atoms with Crippen LogP contribution in [-0.4, -0.2) is 24.3 Å². The van der Waals surface area contributed by atoms with Crippen LogP contribution in [-0.2, 0) is 0 Å². The van der Waals surface area contributed by atoms with Gasteiger partial charge in [0, 0.05) is 6.42 Å². The second kappa shape index (κ2) is 2.45. The van der Waals surface area contributed by atoms with Crippen molar-refractivity contribution in [2.75, 3.05) is 13.6 Å². The number of rotatable bonds is 0. The third kappa shape index (κ3) is 1.21. The minimum atomic E-state index is -0.312. The number of likely N-dealkylation sites (N-methyl/N-ethyl adjacent to an activating group) is 1. The van der Waals surface area contributed by atoms with Gasteiger partial charge in [-0.3, -0.25) is 0 Å². The van der Waals surface area contributed by atoms with E-state index >= 15 is 0 Å². The maximum Gasteiger partial charge on any atom is 0.153 e. The average Bonchev–Trinajstić information content (AvgIpc) is 1.87. The molecule has 0 aromatic rings. The number of hydrogen-bond donors (Lipinski definition) is 0. The van der Waals surface area contributed by atoms with Gasteiger partial charge >= 0.3 is 0 Å². The van der Waals surface area contributed by atoms with Crippen molar-refractivity contribution in [3.63, 3.8) is 0 Å². The molecule has 0 radical (unpaired) electrons. The molecule has 0 amide bonds. The van der Waals surface area contributed by atoms with Crippen molar-refractivity contribution in [3.05, 3.63) is 17.4 Å². The molecule has 0 fully saturated rings. The Kier molecular flexibility index (Phi) is 1.80. The topological polar surface area (TPSA) is 23.1 Å². The summed E-state index contributed by atoms with van der Waals surface area (Å²) in [6.07, 6.45) is 9.76. The van der Waals surface area contributed by atoms with E-state index in [1.54, 1.807) is 7.05 Å². The predicted molar refractivity (Wildman–Crippen MR) is 40.8 cm³/mol. The average molecular weight is 137 g/mol. The van der Waals surface area contributed by atoms with Crippen molar-refractivity contribution in [1.29, 1.82) is 0 Å². The van der Waals surface area contributed by atoms with Gasteiger partial charge in [0.15, 0.2) is 6.04 Å². The fourth-order valence-electron chi connectivity index (χ4n) is 1.08. The monoisotopic (exact) mass is 137 g/mol. The number of hydroxylamine groups is 3. The van der Waals surface area contributed by atoms with E-state index in [1.165, 1.54) is 0 Å². The molecule has 54 valence electrons. The molecule has 0 saturated heterocycles. The lowest BCUT2D eigenvalue weighted by molar-refractivity contribution is -0.873. The highest BCUT2D eigenvalue weighted by atomic mass is 16.5. The molecule has 0 aromatic heterocycles. The molecule has 2 heteroatoms. The van der Waals surface area contributed by atoms with Crippen LogP contribution in [0.4, 0.5) is 0 Å². The minimum Gasteiger partial charge on any atom is -0.632 e. The van der Waals surface area contributed by atoms with Crippen LogP contribution in [0.2, 0.25) is 0 Å². The summed E-state index contributed by atoms with van der Waals surface area (Å²) in [4.78, 5) is 0. The first-order chi connectivity index (χ1) is 4.67. The molecule has 1 aliphatic rings. The summed E-state index contributed by atoms with van der Waals surface area (Å²) >= 11 is 0. The van der Waals surface area contributed by atoms with E-state index in [9.17, 15) is 5.21 Å². The zero-order valence-corrected chi connectivity index (χ0v) is 6.08. The summed E-state index contributed by atoms with van der Waals surface area (Å²) in [5.74, 6) is 2.50. The lowest BCUT2D eigenvalue weighted by Gasteiger charge is -2.43. The van der Waals surface area contributed by atoms with Gasteiger partial charge in [0.05, 0.1) is 13.6 Å². The van der Waals surface area contributed by atoms with Crippen LogP contribution in [0.1, 0.15) is 6.42 Å². The van der Waals surface area contributed by atoms with Crippen molar-refractivity contribution >= 4 is 0 Å². The van der Waals surface area contributed by atoms with Gasteiger partial charge in [-0.1, -0.05) is 6.08 Å². The van der Waals surface area contributed by atoms with E-state index in [0.29, 0.717) is 6.54 Å². The first-order valence-electron chi connectivity index (χ1n) is 3.34. The summed E-state index contributed by atoms with van der Waals surface area (Å²) in [5.41, 5.74) is 0. The molecule has 0 bridgehead atoms. The maximum atomic E-state index is 11.4. The van der Waals surface area contributed by atoms with Crippen LogP contribution < -0.4 is 0 Å². The van der Waals surface area contributed by atoms with Crippen LogP contribution >= 0.6 is 0 Å². The van der Waals surface area contributed by atoms with Gasteiger partial charge in [-0.2, -0.15) is 0 Å². The van der Waals surface area contributed by atoms with E-state index in [0.717, 1.165) is 6.42 Å². The lowest BCUT2D eigenvalue weighted by atomic mass is 10.1. The number of terminal acetylenes is 1. The van der Waals surface area contributed by atoms with Crippen LogP contribution in [0.5, 0.6) is 0 Å². The molecule has 0 saturated carbocycles. The van der Waals surface area contributed by atoms with Crippen molar-refractivity contribution in [1.82, 2.24) is 0 Å². The molecule has 2 unspecified atom stereocenters. The second-order valence-corrected chi connectivity index (χ2v) is 2.75. The van der Waals surface area contributed by atoms with Gasteiger partial charge in [0.25, 0.3) is 0 Å². The highest BCUT2D eigenvalue weighted by Crippen LogP contribution is 2.16. The molecular formula is C8H11NO. The zero-order chi connectivity index (χ0) is 7.61. The van der Waals surface area contributed by atoms with Gasteiger partial charge in [-0.05, 0) is 12.0 Å². The van der Waals surface area contributed by atoms with Crippen molar-refractivity contribution < 1.29 is 4.65 Å². The van der Waals surface area contributed by atoms with Crippen LogP contribution in [0.3, 0.4) is 0 Å². The Morgan fingerprint density at radius 3 is 2.80 bits per heavy atom. The van der Waals surface area contributed by atoms with E-state index in [1.807, 2.05) is 12.2 Å². The fraction of sp³-hybridized carbons (Fsp3) is 0.500. The number of hydrogen-bond acceptors (Lipinski definition) is 1. The highest BCUT2D eigenvalue weighted by Gasteiger charge is 2.22. The molecule has 1 heterocycles. The Bertz CT molecular complexity index is 188. The fourth-order valence-corrected chi connectivity index (χ4v) is 1.08. The Hall–Kier alpha value is -0.780. The minimum absolute atomic E-state index is 0.176. The molecule has 2 atom stereocenters. The zero-order valence-electron chi connectivity index (χ0n) is 6.08. The first-order valence-corrected chi connectivity index (χ1v) is 3.34. The summed E-state index contributed by atoms with van der Waals surface area (Å²) in [6.45, 7) is 0.509. The Balaban J connectivity index is 2.75. The second-order valence-electron chi connectivity index (χ2n) is 2.75. The quantitative estimate of drug-likeness (QED) is 0.210. The molecule has 10 heavy (non-hydrogen) atoms. The first kappa shape index (κ1) is 7.33. The molecule has 1 aliphatic heterocycles. The number of nitrogens with zero attached hydrogens (tertiary/aromatic N) is 1. The van der Waals surface area contributed by atoms with E-state index in [-0.39, 0.29) is 10.7 Å². The number of quaternary nitrogens is 1. The van der Waals surface area contributed by atoms with Gasteiger partial charge in [0.1, 0.15) is 0 Å². The standard InChI is InChI=1S/C8H11NO/c1-3-8-6-4-5-7-9(8,2)10/h1,4-5,8H,6-7H2,2H3. The molecular weight excluding hydrogens is 126 g/mol. The molecule has 1 rings (SSSR count). The lowest BCUT2D eigenvalue weighted by Crippen LogP contribution is -2.47. The molecule has 0 N–H and O–H groups in total. The maximum absolute atomic E-state index is 11.4. The van der Waals surface area contributed by atoms with Gasteiger partial charge in [0.2, 0.25) is 0 Å². The van der Waals surface area contributed by atoms with Crippen molar-refractivity contribution in [3.8, 4) is 12.3 Å². The predicted octanol–water partition coefficient (Wildman–Crippen LogP) is 0.892. The van der Waals surface area contributed by atoms with Gasteiger partial charge < -0.3 is 9.85 Å². The SMILES string of the molecule is C#CC1CC=CC[N+]1(C)[O-]. The highest BCUT2D eigenvalue weighted by molar-refractivity contribution is 5.03. The summed E-state index contributed by atoms with van der Waals surface area (Å²) in [6, 6.07) is -0.176. The molecule has 0 aromatic carbocycles. The third-order valence-corrected chi connectivity index (χ3v) is 1.85.